The van der Waals surface area contributed by atoms with Gasteiger partial charge >= 0.3 is 0 Å². The Hall–Kier alpha value is -2.34. The SMILES string of the molecule is Cc1nc(NC(=O)c2oc3ccccc3c2C)sc1Cc1cc(Cl)ccc1Cl. The van der Waals surface area contributed by atoms with E-state index in [0.717, 1.165) is 27.1 Å². The molecule has 2 aromatic carbocycles. The quantitative estimate of drug-likeness (QED) is 0.393. The van der Waals surface area contributed by atoms with Gasteiger partial charge in [-0.25, -0.2) is 4.98 Å². The van der Waals surface area contributed by atoms with Gasteiger partial charge in [0, 0.05) is 32.3 Å². The highest BCUT2D eigenvalue weighted by Crippen LogP contribution is 2.30. The maximum absolute atomic E-state index is 12.7. The minimum Gasteiger partial charge on any atom is -0.451 e. The van der Waals surface area contributed by atoms with E-state index >= 15 is 0 Å². The Kier molecular flexibility index (Phi) is 5.15. The number of amides is 1. The minimum atomic E-state index is -0.310. The van der Waals surface area contributed by atoms with Crippen LogP contribution in [0.4, 0.5) is 5.13 Å². The fourth-order valence-electron chi connectivity index (χ4n) is 3.04. The van der Waals surface area contributed by atoms with Crippen molar-refractivity contribution in [2.24, 2.45) is 0 Å². The van der Waals surface area contributed by atoms with Gasteiger partial charge in [0.15, 0.2) is 10.9 Å². The number of hydrogen-bond donors (Lipinski definition) is 1. The predicted octanol–water partition coefficient (Wildman–Crippen LogP) is 6.66. The van der Waals surface area contributed by atoms with E-state index < -0.39 is 0 Å². The van der Waals surface area contributed by atoms with Crippen molar-refractivity contribution in [1.82, 2.24) is 4.98 Å². The number of benzene rings is 2. The van der Waals surface area contributed by atoms with E-state index in [1.165, 1.54) is 11.3 Å². The molecular formula is C21H16Cl2N2O2S. The summed E-state index contributed by atoms with van der Waals surface area (Å²) in [5.74, 6) is -0.0109. The third kappa shape index (κ3) is 3.65. The first-order chi connectivity index (χ1) is 13.4. The van der Waals surface area contributed by atoms with Crippen LogP contribution in [0, 0.1) is 13.8 Å². The zero-order valence-electron chi connectivity index (χ0n) is 15.2. The molecule has 0 fully saturated rings. The van der Waals surface area contributed by atoms with E-state index in [0.29, 0.717) is 32.9 Å². The predicted molar refractivity (Wildman–Crippen MR) is 115 cm³/mol. The summed E-state index contributed by atoms with van der Waals surface area (Å²) >= 11 is 13.8. The largest absolute Gasteiger partial charge is 0.451 e. The summed E-state index contributed by atoms with van der Waals surface area (Å²) in [4.78, 5) is 18.2. The minimum absolute atomic E-state index is 0.300. The van der Waals surface area contributed by atoms with E-state index in [2.05, 4.69) is 10.3 Å². The van der Waals surface area contributed by atoms with Crippen LogP contribution < -0.4 is 5.32 Å². The average Bonchev–Trinajstić information content (AvgIpc) is 3.18. The van der Waals surface area contributed by atoms with Crippen molar-refractivity contribution in [2.45, 2.75) is 20.3 Å². The molecule has 28 heavy (non-hydrogen) atoms. The maximum atomic E-state index is 12.7. The Bertz CT molecular complexity index is 1200. The number of para-hydroxylation sites is 1. The van der Waals surface area contributed by atoms with Gasteiger partial charge in [-0.3, -0.25) is 10.1 Å². The van der Waals surface area contributed by atoms with Crippen LogP contribution in [0.15, 0.2) is 46.9 Å². The first-order valence-corrected chi connectivity index (χ1v) is 10.2. The van der Waals surface area contributed by atoms with Crippen molar-refractivity contribution in [3.63, 3.8) is 0 Å². The van der Waals surface area contributed by atoms with Gasteiger partial charge in [0.2, 0.25) is 0 Å². The van der Waals surface area contributed by atoms with Crippen molar-refractivity contribution in [1.29, 1.82) is 0 Å². The molecule has 0 radical (unpaired) electrons. The van der Waals surface area contributed by atoms with E-state index in [1.807, 2.05) is 44.2 Å². The summed E-state index contributed by atoms with van der Waals surface area (Å²) in [5.41, 5.74) is 3.27. The number of nitrogens with zero attached hydrogens (tertiary/aromatic N) is 1. The number of nitrogens with one attached hydrogen (secondary N) is 1. The molecule has 4 nitrogen and oxygen atoms in total. The Morgan fingerprint density at radius 2 is 1.96 bits per heavy atom. The first kappa shape index (κ1) is 19.0. The average molecular weight is 431 g/mol. The molecule has 1 N–H and O–H groups in total. The van der Waals surface area contributed by atoms with Gasteiger partial charge < -0.3 is 4.42 Å². The lowest BCUT2D eigenvalue weighted by molar-refractivity contribution is 0.0998. The molecule has 2 heterocycles. The smallest absolute Gasteiger partial charge is 0.293 e. The Morgan fingerprint density at radius 1 is 1.18 bits per heavy atom. The Labute approximate surface area is 176 Å². The molecule has 142 valence electrons. The molecule has 0 aliphatic rings. The van der Waals surface area contributed by atoms with Crippen molar-refractivity contribution >= 4 is 56.5 Å². The third-order valence-electron chi connectivity index (χ3n) is 4.52. The summed E-state index contributed by atoms with van der Waals surface area (Å²) < 4.78 is 5.73. The number of aryl methyl sites for hydroxylation is 2. The second-order valence-electron chi connectivity index (χ2n) is 6.45. The van der Waals surface area contributed by atoms with Crippen LogP contribution in [0.25, 0.3) is 11.0 Å². The number of carbonyl (C=O) groups excluding carboxylic acids is 1. The second-order valence-corrected chi connectivity index (χ2v) is 8.37. The molecule has 0 spiro atoms. The molecule has 0 atom stereocenters. The van der Waals surface area contributed by atoms with Crippen LogP contribution in [-0.4, -0.2) is 10.9 Å². The number of halogens is 2. The molecule has 0 saturated heterocycles. The van der Waals surface area contributed by atoms with Crippen LogP contribution in [0.3, 0.4) is 0 Å². The molecule has 4 rings (SSSR count). The van der Waals surface area contributed by atoms with Gasteiger partial charge in [-0.1, -0.05) is 41.4 Å². The van der Waals surface area contributed by atoms with Gasteiger partial charge in [0.25, 0.3) is 5.91 Å². The number of aromatic nitrogens is 1. The van der Waals surface area contributed by atoms with Gasteiger partial charge in [0.1, 0.15) is 5.58 Å². The fourth-order valence-corrected chi connectivity index (χ4v) is 4.40. The highest BCUT2D eigenvalue weighted by molar-refractivity contribution is 7.15. The molecule has 0 aliphatic heterocycles. The molecule has 1 amide bonds. The first-order valence-electron chi connectivity index (χ1n) is 8.62. The number of carbonyl (C=O) groups is 1. The number of rotatable bonds is 4. The summed E-state index contributed by atoms with van der Waals surface area (Å²) in [7, 11) is 0. The van der Waals surface area contributed by atoms with Crippen LogP contribution in [0.2, 0.25) is 10.0 Å². The van der Waals surface area contributed by atoms with E-state index in [4.69, 9.17) is 27.6 Å². The normalized spacial score (nSPS) is 11.1. The number of thiazole rings is 1. The highest BCUT2D eigenvalue weighted by Gasteiger charge is 2.19. The van der Waals surface area contributed by atoms with Gasteiger partial charge in [0.05, 0.1) is 5.69 Å². The van der Waals surface area contributed by atoms with Gasteiger partial charge in [-0.2, -0.15) is 0 Å². The van der Waals surface area contributed by atoms with E-state index in [9.17, 15) is 4.79 Å². The Balaban J connectivity index is 1.57. The summed E-state index contributed by atoms with van der Waals surface area (Å²) in [5, 5.41) is 5.59. The number of anilines is 1. The number of fused-ring (bicyclic) bond motifs is 1. The molecule has 0 unspecified atom stereocenters. The van der Waals surface area contributed by atoms with Crippen LogP contribution >= 0.6 is 34.5 Å². The standard InChI is InChI=1S/C21H16Cl2N2O2S/c1-11-15-5-3-4-6-17(15)27-19(11)20(26)25-21-24-12(2)18(28-21)10-13-9-14(22)7-8-16(13)23/h3-9H,10H2,1-2H3,(H,24,25,26). The lowest BCUT2D eigenvalue weighted by Gasteiger charge is -2.03. The lowest BCUT2D eigenvalue weighted by Crippen LogP contribution is -2.11. The molecular weight excluding hydrogens is 415 g/mol. The van der Waals surface area contributed by atoms with Crippen LogP contribution in [-0.2, 0) is 6.42 Å². The summed E-state index contributed by atoms with van der Waals surface area (Å²) in [6, 6.07) is 13.0. The van der Waals surface area contributed by atoms with Gasteiger partial charge in [-0.05, 0) is 43.7 Å². The van der Waals surface area contributed by atoms with Crippen molar-refractivity contribution < 1.29 is 9.21 Å². The zero-order valence-corrected chi connectivity index (χ0v) is 17.5. The molecule has 7 heteroatoms. The summed E-state index contributed by atoms with van der Waals surface area (Å²) in [6.07, 6.45) is 0.600. The molecule has 0 aliphatic carbocycles. The number of furan rings is 1. The van der Waals surface area contributed by atoms with Crippen molar-refractivity contribution in [3.05, 3.63) is 80.0 Å². The van der Waals surface area contributed by atoms with E-state index in [-0.39, 0.29) is 5.91 Å². The van der Waals surface area contributed by atoms with Crippen molar-refractivity contribution in [3.8, 4) is 0 Å². The van der Waals surface area contributed by atoms with Crippen LogP contribution in [0.1, 0.15) is 32.3 Å². The topological polar surface area (TPSA) is 55.1 Å². The van der Waals surface area contributed by atoms with E-state index in [1.54, 1.807) is 12.1 Å². The number of hydrogen-bond acceptors (Lipinski definition) is 4. The molecule has 4 aromatic rings. The highest BCUT2D eigenvalue weighted by atomic mass is 35.5. The summed E-state index contributed by atoms with van der Waals surface area (Å²) in [6.45, 7) is 3.78. The Morgan fingerprint density at radius 3 is 2.75 bits per heavy atom. The fraction of sp³-hybridized carbons (Fsp3) is 0.143. The van der Waals surface area contributed by atoms with Gasteiger partial charge in [-0.15, -0.1) is 11.3 Å². The lowest BCUT2D eigenvalue weighted by atomic mass is 10.1. The zero-order chi connectivity index (χ0) is 19.8. The van der Waals surface area contributed by atoms with Crippen molar-refractivity contribution in [2.75, 3.05) is 5.32 Å². The maximum Gasteiger partial charge on any atom is 0.293 e. The second kappa shape index (κ2) is 7.59. The third-order valence-corrected chi connectivity index (χ3v) is 6.20. The molecule has 0 bridgehead atoms. The monoisotopic (exact) mass is 430 g/mol. The molecule has 0 saturated carbocycles. The molecule has 2 aromatic heterocycles. The van der Waals surface area contributed by atoms with Crippen LogP contribution in [0.5, 0.6) is 0 Å².